The lowest BCUT2D eigenvalue weighted by molar-refractivity contribution is 0.0980. The SMILES string of the molecule is CCOCc1ccc(C(=O)NS(=O)(=O)c2ccccc2)cn1. The Morgan fingerprint density at radius 2 is 1.91 bits per heavy atom. The topological polar surface area (TPSA) is 85.4 Å². The maximum Gasteiger partial charge on any atom is 0.266 e. The maximum atomic E-state index is 12.1. The van der Waals surface area contributed by atoms with Crippen LogP contribution in [0.3, 0.4) is 0 Å². The summed E-state index contributed by atoms with van der Waals surface area (Å²) in [5.74, 6) is -0.723. The Morgan fingerprint density at radius 1 is 1.18 bits per heavy atom. The molecule has 0 bridgehead atoms. The van der Waals surface area contributed by atoms with Gasteiger partial charge in [0, 0.05) is 12.8 Å². The lowest BCUT2D eigenvalue weighted by Crippen LogP contribution is -2.30. The van der Waals surface area contributed by atoms with Gasteiger partial charge in [0.25, 0.3) is 15.9 Å². The molecule has 0 aliphatic carbocycles. The van der Waals surface area contributed by atoms with Crippen molar-refractivity contribution < 1.29 is 17.9 Å². The molecule has 22 heavy (non-hydrogen) atoms. The fraction of sp³-hybridized carbons (Fsp3) is 0.200. The average Bonchev–Trinajstić information content (AvgIpc) is 2.54. The lowest BCUT2D eigenvalue weighted by Gasteiger charge is -2.07. The number of rotatable bonds is 6. The first kappa shape index (κ1) is 16.1. The summed E-state index contributed by atoms with van der Waals surface area (Å²) in [5, 5.41) is 0. The van der Waals surface area contributed by atoms with E-state index in [1.807, 2.05) is 11.6 Å². The normalized spacial score (nSPS) is 11.1. The molecule has 2 rings (SSSR count). The van der Waals surface area contributed by atoms with Gasteiger partial charge in [0.2, 0.25) is 0 Å². The molecule has 1 aromatic heterocycles. The van der Waals surface area contributed by atoms with Crippen molar-refractivity contribution in [1.29, 1.82) is 0 Å². The fourth-order valence-corrected chi connectivity index (χ4v) is 2.69. The summed E-state index contributed by atoms with van der Waals surface area (Å²) in [6, 6.07) is 10.8. The first-order chi connectivity index (χ1) is 10.5. The van der Waals surface area contributed by atoms with Gasteiger partial charge in [-0.25, -0.2) is 13.1 Å². The van der Waals surface area contributed by atoms with Crippen molar-refractivity contribution in [2.45, 2.75) is 18.4 Å². The fourth-order valence-electron chi connectivity index (χ4n) is 1.69. The molecule has 0 aliphatic rings. The van der Waals surface area contributed by atoms with E-state index in [4.69, 9.17) is 4.74 Å². The van der Waals surface area contributed by atoms with Crippen LogP contribution in [-0.4, -0.2) is 25.9 Å². The van der Waals surface area contributed by atoms with Gasteiger partial charge in [0.15, 0.2) is 0 Å². The number of hydrogen-bond acceptors (Lipinski definition) is 5. The van der Waals surface area contributed by atoms with Crippen LogP contribution in [0.15, 0.2) is 53.6 Å². The highest BCUT2D eigenvalue weighted by Crippen LogP contribution is 2.09. The Morgan fingerprint density at radius 3 is 2.50 bits per heavy atom. The minimum absolute atomic E-state index is 0.0317. The summed E-state index contributed by atoms with van der Waals surface area (Å²) in [6.45, 7) is 2.79. The number of hydrogen-bond donors (Lipinski definition) is 1. The second-order valence-corrected chi connectivity index (χ2v) is 6.11. The van der Waals surface area contributed by atoms with Crippen LogP contribution in [-0.2, 0) is 21.4 Å². The van der Waals surface area contributed by atoms with Crippen molar-refractivity contribution in [3.8, 4) is 0 Å². The second-order valence-electron chi connectivity index (χ2n) is 4.42. The molecule has 0 aliphatic heterocycles. The molecule has 1 amide bonds. The lowest BCUT2D eigenvalue weighted by atomic mass is 10.2. The van der Waals surface area contributed by atoms with E-state index in [-0.39, 0.29) is 10.5 Å². The summed E-state index contributed by atoms with van der Waals surface area (Å²) in [6.07, 6.45) is 1.32. The van der Waals surface area contributed by atoms with Gasteiger partial charge in [-0.2, -0.15) is 0 Å². The molecule has 0 fully saturated rings. The van der Waals surface area contributed by atoms with Gasteiger partial charge < -0.3 is 4.74 Å². The quantitative estimate of drug-likeness (QED) is 0.876. The molecule has 0 unspecified atom stereocenters. The molecular weight excluding hydrogens is 304 g/mol. The molecule has 1 N–H and O–H groups in total. The van der Waals surface area contributed by atoms with Gasteiger partial charge in [0.05, 0.1) is 22.8 Å². The van der Waals surface area contributed by atoms with Crippen LogP contribution in [0.5, 0.6) is 0 Å². The van der Waals surface area contributed by atoms with Crippen LogP contribution in [0.4, 0.5) is 0 Å². The van der Waals surface area contributed by atoms with E-state index in [0.29, 0.717) is 18.9 Å². The van der Waals surface area contributed by atoms with Crippen molar-refractivity contribution in [2.24, 2.45) is 0 Å². The van der Waals surface area contributed by atoms with E-state index in [9.17, 15) is 13.2 Å². The minimum Gasteiger partial charge on any atom is -0.375 e. The Balaban J connectivity index is 2.09. The highest BCUT2D eigenvalue weighted by molar-refractivity contribution is 7.90. The third-order valence-electron chi connectivity index (χ3n) is 2.82. The van der Waals surface area contributed by atoms with Gasteiger partial charge in [-0.15, -0.1) is 0 Å². The van der Waals surface area contributed by atoms with Crippen LogP contribution in [0.1, 0.15) is 23.0 Å². The van der Waals surface area contributed by atoms with E-state index < -0.39 is 15.9 Å². The highest BCUT2D eigenvalue weighted by Gasteiger charge is 2.18. The Kier molecular flexibility index (Phi) is 5.24. The van der Waals surface area contributed by atoms with Crippen LogP contribution >= 0.6 is 0 Å². The van der Waals surface area contributed by atoms with Crippen LogP contribution in [0, 0.1) is 0 Å². The molecule has 0 radical (unpaired) electrons. The third-order valence-corrected chi connectivity index (χ3v) is 4.17. The first-order valence-electron chi connectivity index (χ1n) is 6.68. The Hall–Kier alpha value is -2.25. The van der Waals surface area contributed by atoms with E-state index in [0.717, 1.165) is 0 Å². The summed E-state index contributed by atoms with van der Waals surface area (Å²) < 4.78 is 31.3. The first-order valence-corrected chi connectivity index (χ1v) is 8.16. The maximum absolute atomic E-state index is 12.1. The molecule has 0 saturated heterocycles. The molecule has 0 saturated carbocycles. The number of carbonyl (C=O) groups is 1. The number of carbonyl (C=O) groups excluding carboxylic acids is 1. The van der Waals surface area contributed by atoms with Gasteiger partial charge in [-0.1, -0.05) is 18.2 Å². The van der Waals surface area contributed by atoms with Gasteiger partial charge in [-0.3, -0.25) is 9.78 Å². The minimum atomic E-state index is -3.88. The largest absolute Gasteiger partial charge is 0.375 e. The number of ether oxygens (including phenoxy) is 1. The molecule has 0 spiro atoms. The van der Waals surface area contributed by atoms with Crippen LogP contribution < -0.4 is 4.72 Å². The van der Waals surface area contributed by atoms with E-state index in [2.05, 4.69) is 4.98 Å². The van der Waals surface area contributed by atoms with Crippen molar-refractivity contribution in [3.05, 3.63) is 59.9 Å². The zero-order valence-corrected chi connectivity index (χ0v) is 12.8. The summed E-state index contributed by atoms with van der Waals surface area (Å²) in [7, 11) is -3.88. The number of nitrogens with one attached hydrogen (secondary N) is 1. The predicted octanol–water partition coefficient (Wildman–Crippen LogP) is 1.74. The van der Waals surface area contributed by atoms with Gasteiger partial charge in [-0.05, 0) is 31.2 Å². The number of aromatic nitrogens is 1. The molecule has 2 aromatic rings. The summed E-state index contributed by atoms with van der Waals surface area (Å²) in [4.78, 5) is 16.1. The van der Waals surface area contributed by atoms with Crippen molar-refractivity contribution in [3.63, 3.8) is 0 Å². The van der Waals surface area contributed by atoms with Gasteiger partial charge in [0.1, 0.15) is 0 Å². The zero-order chi connectivity index (χ0) is 16.0. The van der Waals surface area contributed by atoms with E-state index in [1.165, 1.54) is 24.4 Å². The number of sulfonamides is 1. The summed E-state index contributed by atoms with van der Waals surface area (Å²) in [5.41, 5.74) is 0.837. The second kappa shape index (κ2) is 7.15. The van der Waals surface area contributed by atoms with Gasteiger partial charge >= 0.3 is 0 Å². The van der Waals surface area contributed by atoms with Crippen molar-refractivity contribution >= 4 is 15.9 Å². The predicted molar refractivity (Wildman–Crippen MR) is 80.7 cm³/mol. The van der Waals surface area contributed by atoms with Crippen molar-refractivity contribution in [2.75, 3.05) is 6.61 Å². The number of amides is 1. The highest BCUT2D eigenvalue weighted by atomic mass is 32.2. The molecule has 116 valence electrons. The van der Waals surface area contributed by atoms with E-state index >= 15 is 0 Å². The molecule has 1 heterocycles. The molecule has 0 atom stereocenters. The molecular formula is C15H16N2O4S. The molecule has 6 nitrogen and oxygen atoms in total. The Bertz CT molecular complexity index is 728. The van der Waals surface area contributed by atoms with E-state index in [1.54, 1.807) is 24.3 Å². The summed E-state index contributed by atoms with van der Waals surface area (Å²) >= 11 is 0. The van der Waals surface area contributed by atoms with Crippen LogP contribution in [0.25, 0.3) is 0 Å². The Labute approximate surface area is 129 Å². The number of benzene rings is 1. The van der Waals surface area contributed by atoms with Crippen LogP contribution in [0.2, 0.25) is 0 Å². The average molecular weight is 320 g/mol. The van der Waals surface area contributed by atoms with Crippen molar-refractivity contribution in [1.82, 2.24) is 9.71 Å². The monoisotopic (exact) mass is 320 g/mol. The standard InChI is InChI=1S/C15H16N2O4S/c1-2-21-11-13-9-8-12(10-16-13)15(18)17-22(19,20)14-6-4-3-5-7-14/h3-10H,2,11H2,1H3,(H,17,18). The zero-order valence-electron chi connectivity index (χ0n) is 12.0. The molecule has 7 heteroatoms. The number of pyridine rings is 1. The smallest absolute Gasteiger partial charge is 0.266 e. The number of nitrogens with zero attached hydrogens (tertiary/aromatic N) is 1. The third kappa shape index (κ3) is 4.12. The molecule has 1 aromatic carbocycles.